The lowest BCUT2D eigenvalue weighted by atomic mass is 9.99. The molecule has 0 radical (unpaired) electrons. The number of rotatable bonds is 8. The smallest absolute Gasteiger partial charge is 0.224 e. The van der Waals surface area contributed by atoms with Gasteiger partial charge in [-0.3, -0.25) is 4.79 Å². The molecule has 1 saturated heterocycles. The zero-order valence-electron chi connectivity index (χ0n) is 15.1. The third-order valence-corrected chi connectivity index (χ3v) is 6.45. The number of hydrogen-bond acceptors (Lipinski definition) is 4. The molecular weight excluding hydrogens is 338 g/mol. The Morgan fingerprint density at radius 3 is 2.72 bits per heavy atom. The number of amides is 1. The molecule has 0 aromatic heterocycles. The van der Waals surface area contributed by atoms with Crippen molar-refractivity contribution in [2.24, 2.45) is 5.92 Å². The van der Waals surface area contributed by atoms with Crippen molar-refractivity contribution in [3.63, 3.8) is 0 Å². The summed E-state index contributed by atoms with van der Waals surface area (Å²) in [5.74, 6) is -0.190. The maximum atomic E-state index is 12.3. The summed E-state index contributed by atoms with van der Waals surface area (Å²) in [4.78, 5) is 14.5. The van der Waals surface area contributed by atoms with E-state index in [2.05, 4.69) is 22.3 Å². The Morgan fingerprint density at radius 1 is 1.32 bits per heavy atom. The molecule has 1 atom stereocenters. The van der Waals surface area contributed by atoms with E-state index in [-0.39, 0.29) is 17.6 Å². The number of sulfonamides is 1. The zero-order chi connectivity index (χ0) is 18.3. The van der Waals surface area contributed by atoms with Crippen molar-refractivity contribution in [2.75, 3.05) is 39.0 Å². The Labute approximate surface area is 151 Å². The molecule has 1 fully saturated rings. The highest BCUT2D eigenvalue weighted by atomic mass is 32.2. The van der Waals surface area contributed by atoms with Crippen LogP contribution in [0.2, 0.25) is 0 Å². The van der Waals surface area contributed by atoms with Crippen LogP contribution in [0.3, 0.4) is 0 Å². The van der Waals surface area contributed by atoms with Crippen LogP contribution in [0.25, 0.3) is 0 Å². The number of nitrogens with zero attached hydrogens (tertiary/aromatic N) is 2. The van der Waals surface area contributed by atoms with Gasteiger partial charge in [-0.25, -0.2) is 12.7 Å². The maximum Gasteiger partial charge on any atom is 0.224 e. The number of piperidine rings is 1. The summed E-state index contributed by atoms with van der Waals surface area (Å²) >= 11 is 0. The lowest BCUT2D eigenvalue weighted by Gasteiger charge is -2.31. The third-order valence-electron chi connectivity index (χ3n) is 4.60. The van der Waals surface area contributed by atoms with Crippen molar-refractivity contribution in [1.82, 2.24) is 14.5 Å². The van der Waals surface area contributed by atoms with Gasteiger partial charge in [0.05, 0.1) is 11.7 Å². The van der Waals surface area contributed by atoms with Crippen LogP contribution in [0, 0.1) is 5.92 Å². The molecule has 7 heteroatoms. The topological polar surface area (TPSA) is 69.7 Å². The number of nitrogens with one attached hydrogen (secondary N) is 1. The summed E-state index contributed by atoms with van der Waals surface area (Å²) in [5, 5.41) is 2.96. The first kappa shape index (κ1) is 19.9. The normalized spacial score (nSPS) is 19.1. The predicted molar refractivity (Wildman–Crippen MR) is 99.5 cm³/mol. The van der Waals surface area contributed by atoms with Gasteiger partial charge in [0.25, 0.3) is 0 Å². The lowest BCUT2D eigenvalue weighted by molar-refractivity contribution is -0.126. The van der Waals surface area contributed by atoms with Crippen LogP contribution < -0.4 is 5.32 Å². The molecule has 0 bridgehead atoms. The van der Waals surface area contributed by atoms with Crippen molar-refractivity contribution in [1.29, 1.82) is 0 Å². The van der Waals surface area contributed by atoms with E-state index in [1.54, 1.807) is 6.92 Å². The molecule has 0 saturated carbocycles. The molecule has 1 heterocycles. The van der Waals surface area contributed by atoms with E-state index in [1.807, 2.05) is 25.2 Å². The molecule has 0 aliphatic carbocycles. The van der Waals surface area contributed by atoms with Gasteiger partial charge in [0.1, 0.15) is 0 Å². The summed E-state index contributed by atoms with van der Waals surface area (Å²) in [6, 6.07) is 10.2. The monoisotopic (exact) mass is 367 g/mol. The number of hydrogen-bond donors (Lipinski definition) is 1. The van der Waals surface area contributed by atoms with Crippen molar-refractivity contribution in [3.8, 4) is 0 Å². The molecule has 140 valence electrons. The Hall–Kier alpha value is -1.44. The fraction of sp³-hybridized carbons (Fsp3) is 0.611. The van der Waals surface area contributed by atoms with Crippen LogP contribution in [-0.4, -0.2) is 62.5 Å². The first-order valence-electron chi connectivity index (χ1n) is 8.90. The summed E-state index contributed by atoms with van der Waals surface area (Å²) < 4.78 is 25.4. The third kappa shape index (κ3) is 6.09. The molecule has 6 nitrogen and oxygen atoms in total. The molecule has 25 heavy (non-hydrogen) atoms. The first-order chi connectivity index (χ1) is 11.9. The summed E-state index contributed by atoms with van der Waals surface area (Å²) in [7, 11) is -1.19. The summed E-state index contributed by atoms with van der Waals surface area (Å²) in [6.07, 6.45) is 1.49. The molecule has 1 amide bonds. The quantitative estimate of drug-likeness (QED) is 0.752. The molecule has 2 rings (SSSR count). The van der Waals surface area contributed by atoms with Gasteiger partial charge in [0, 0.05) is 32.7 Å². The van der Waals surface area contributed by atoms with Crippen LogP contribution in [-0.2, 0) is 21.4 Å². The second-order valence-electron chi connectivity index (χ2n) is 6.61. The van der Waals surface area contributed by atoms with E-state index in [9.17, 15) is 13.2 Å². The summed E-state index contributed by atoms with van der Waals surface area (Å²) in [5.41, 5.74) is 1.24. The highest BCUT2D eigenvalue weighted by molar-refractivity contribution is 7.89. The largest absolute Gasteiger partial charge is 0.355 e. The standard InChI is InChI=1S/C18H29N3O3S/c1-3-25(23,24)21-12-7-10-17(15-21)18(22)19-11-13-20(2)14-16-8-5-4-6-9-16/h4-6,8-9,17H,3,7,10-15H2,1-2H3,(H,19,22)/t17-/m0/s1. The van der Waals surface area contributed by atoms with Gasteiger partial charge in [-0.2, -0.15) is 0 Å². The van der Waals surface area contributed by atoms with Gasteiger partial charge in [-0.1, -0.05) is 30.3 Å². The van der Waals surface area contributed by atoms with Crippen molar-refractivity contribution in [3.05, 3.63) is 35.9 Å². The Bertz CT molecular complexity index is 649. The van der Waals surface area contributed by atoms with Crippen molar-refractivity contribution in [2.45, 2.75) is 26.3 Å². The number of likely N-dealkylation sites (N-methyl/N-ethyl adjacent to an activating group) is 1. The minimum Gasteiger partial charge on any atom is -0.355 e. The maximum absolute atomic E-state index is 12.3. The van der Waals surface area contributed by atoms with Crippen LogP contribution in [0.4, 0.5) is 0 Å². The van der Waals surface area contributed by atoms with E-state index in [1.165, 1.54) is 9.87 Å². The number of benzene rings is 1. The van der Waals surface area contributed by atoms with Crippen molar-refractivity contribution < 1.29 is 13.2 Å². The first-order valence-corrected chi connectivity index (χ1v) is 10.5. The van der Waals surface area contributed by atoms with Gasteiger partial charge in [-0.05, 0) is 32.4 Å². The van der Waals surface area contributed by atoms with Crippen LogP contribution in [0.15, 0.2) is 30.3 Å². The summed E-state index contributed by atoms with van der Waals surface area (Å²) in [6.45, 7) is 4.63. The number of carbonyl (C=O) groups is 1. The molecule has 1 aliphatic rings. The molecule has 1 aliphatic heterocycles. The highest BCUT2D eigenvalue weighted by Crippen LogP contribution is 2.19. The second kappa shape index (κ2) is 9.31. The van der Waals surface area contributed by atoms with E-state index >= 15 is 0 Å². The van der Waals surface area contributed by atoms with Gasteiger partial charge in [0.15, 0.2) is 0 Å². The van der Waals surface area contributed by atoms with Crippen LogP contribution in [0.1, 0.15) is 25.3 Å². The molecule has 1 aromatic rings. The lowest BCUT2D eigenvalue weighted by Crippen LogP contribution is -2.46. The van der Waals surface area contributed by atoms with Crippen molar-refractivity contribution >= 4 is 15.9 Å². The minimum atomic E-state index is -3.21. The fourth-order valence-corrected chi connectivity index (χ4v) is 4.26. The Balaban J connectivity index is 1.74. The van der Waals surface area contributed by atoms with Gasteiger partial charge >= 0.3 is 0 Å². The number of carbonyl (C=O) groups excluding carboxylic acids is 1. The van der Waals surface area contributed by atoms with E-state index < -0.39 is 10.0 Å². The van der Waals surface area contributed by atoms with E-state index in [0.717, 1.165) is 25.9 Å². The van der Waals surface area contributed by atoms with Gasteiger partial charge in [0.2, 0.25) is 15.9 Å². The minimum absolute atomic E-state index is 0.0379. The van der Waals surface area contributed by atoms with Crippen LogP contribution >= 0.6 is 0 Å². The predicted octanol–water partition coefficient (Wildman–Crippen LogP) is 1.30. The molecule has 0 unspecified atom stereocenters. The molecule has 1 aromatic carbocycles. The van der Waals surface area contributed by atoms with Gasteiger partial charge in [-0.15, -0.1) is 0 Å². The molecular formula is C18H29N3O3S. The average Bonchev–Trinajstić information content (AvgIpc) is 2.62. The fourth-order valence-electron chi connectivity index (χ4n) is 3.08. The van der Waals surface area contributed by atoms with Gasteiger partial charge < -0.3 is 10.2 Å². The zero-order valence-corrected chi connectivity index (χ0v) is 16.0. The van der Waals surface area contributed by atoms with E-state index in [4.69, 9.17) is 0 Å². The molecule has 1 N–H and O–H groups in total. The molecule has 0 spiro atoms. The highest BCUT2D eigenvalue weighted by Gasteiger charge is 2.31. The van der Waals surface area contributed by atoms with Crippen LogP contribution in [0.5, 0.6) is 0 Å². The average molecular weight is 368 g/mol. The second-order valence-corrected chi connectivity index (χ2v) is 8.87. The Morgan fingerprint density at radius 2 is 2.04 bits per heavy atom. The Kier molecular flexibility index (Phi) is 7.40. The SMILES string of the molecule is CCS(=O)(=O)N1CCC[C@H](C(=O)NCCN(C)Cc2ccccc2)C1. The van der Waals surface area contributed by atoms with E-state index in [0.29, 0.717) is 19.6 Å².